The number of halogens is 3. The number of rotatable bonds is 5. The molecule has 0 radical (unpaired) electrons. The topological polar surface area (TPSA) is 78.0 Å². The molecule has 186 valence electrons. The van der Waals surface area contributed by atoms with Gasteiger partial charge in [-0.15, -0.1) is 0 Å². The van der Waals surface area contributed by atoms with E-state index in [1.165, 1.54) is 33.0 Å². The summed E-state index contributed by atoms with van der Waals surface area (Å²) in [5.74, 6) is -7.32. The lowest BCUT2D eigenvalue weighted by molar-refractivity contribution is -0.154. The van der Waals surface area contributed by atoms with Gasteiger partial charge in [-0.05, 0) is 35.1 Å². The first-order chi connectivity index (χ1) is 17.2. The molecule has 0 bridgehead atoms. The Labute approximate surface area is 222 Å². The molecule has 0 spiro atoms. The van der Waals surface area contributed by atoms with Crippen LogP contribution in [0.2, 0.25) is 10.8 Å². The second-order valence-corrected chi connectivity index (χ2v) is 10.4. The van der Waals surface area contributed by atoms with Crippen LogP contribution in [0.4, 0.5) is 8.78 Å². The van der Waals surface area contributed by atoms with Crippen molar-refractivity contribution >= 4 is 74.7 Å². The molecule has 2 aromatic rings. The molecular weight excluding hydrogens is 498 g/mol. The standard InChI is InChI=1S/C22H23B5ClF2N3O4/c23-15-8-16(34)32(26)19(36)21(15,25)31-9-11-7-10(1-6-14(11)18(31)35)17(24)33(27)20(37)22(29,30)12-2-4-13(28)5-3-12/h1-7,15,17H,8-9,23-27H2. The molecule has 0 N–H and O–H groups in total. The Balaban J connectivity index is 1.58. The number of carbonyl (C=O) groups excluding carboxylic acids is 4. The first-order valence-corrected chi connectivity index (χ1v) is 12.3. The van der Waals surface area contributed by atoms with Gasteiger partial charge in [0.1, 0.15) is 23.5 Å². The smallest absolute Gasteiger partial charge is 0.348 e. The summed E-state index contributed by atoms with van der Waals surface area (Å²) in [5, 5.41) is 0.284. The van der Waals surface area contributed by atoms with Crippen molar-refractivity contribution in [2.75, 3.05) is 0 Å². The van der Waals surface area contributed by atoms with Crippen LogP contribution >= 0.6 is 11.6 Å². The zero-order chi connectivity index (χ0) is 27.4. The summed E-state index contributed by atoms with van der Waals surface area (Å²) in [5.41, 5.74) is -0.0776. The fraction of sp³-hybridized carbons (Fsp3) is 0.273. The number of piperidine rings is 1. The van der Waals surface area contributed by atoms with Crippen LogP contribution in [-0.2, 0) is 26.9 Å². The average molecular weight is 521 g/mol. The van der Waals surface area contributed by atoms with E-state index in [1.807, 2.05) is 0 Å². The quantitative estimate of drug-likeness (QED) is 0.343. The van der Waals surface area contributed by atoms with Crippen molar-refractivity contribution in [1.82, 2.24) is 14.5 Å². The molecule has 0 aliphatic carbocycles. The number of carbonyl (C=O) groups is 4. The minimum absolute atomic E-state index is 0.127. The minimum Gasteiger partial charge on any atom is -0.389 e. The summed E-state index contributed by atoms with van der Waals surface area (Å²) >= 11 is 5.79. The molecule has 2 aliphatic rings. The van der Waals surface area contributed by atoms with Crippen LogP contribution in [0.3, 0.4) is 0 Å². The van der Waals surface area contributed by atoms with E-state index >= 15 is 0 Å². The van der Waals surface area contributed by atoms with Gasteiger partial charge < -0.3 is 14.5 Å². The second kappa shape index (κ2) is 9.38. The van der Waals surface area contributed by atoms with E-state index < -0.39 is 34.7 Å². The number of fused-ring (bicyclic) bond motifs is 1. The predicted molar refractivity (Wildman–Crippen MR) is 147 cm³/mol. The molecule has 15 heteroatoms. The van der Waals surface area contributed by atoms with Crippen LogP contribution in [0.5, 0.6) is 0 Å². The third-order valence-electron chi connectivity index (χ3n) is 7.91. The summed E-state index contributed by atoms with van der Waals surface area (Å²) < 4.78 is 29.9. The van der Waals surface area contributed by atoms with Gasteiger partial charge in [-0.1, -0.05) is 35.9 Å². The molecule has 2 aliphatic heterocycles. The summed E-state index contributed by atoms with van der Waals surface area (Å²) in [7, 11) is 7.78. The van der Waals surface area contributed by atoms with Gasteiger partial charge in [0.25, 0.3) is 11.8 Å². The molecule has 37 heavy (non-hydrogen) atoms. The molecule has 0 aromatic heterocycles. The van der Waals surface area contributed by atoms with Gasteiger partial charge in [-0.3, -0.25) is 19.2 Å². The van der Waals surface area contributed by atoms with E-state index in [0.717, 1.165) is 21.8 Å². The van der Waals surface area contributed by atoms with Crippen LogP contribution in [0, 0.1) is 0 Å². The summed E-state index contributed by atoms with van der Waals surface area (Å²) in [6.45, 7) is 0.127. The van der Waals surface area contributed by atoms with E-state index in [9.17, 15) is 28.0 Å². The molecule has 3 atom stereocenters. The monoisotopic (exact) mass is 521 g/mol. The fourth-order valence-corrected chi connectivity index (χ4v) is 5.15. The van der Waals surface area contributed by atoms with Crippen molar-refractivity contribution in [3.8, 4) is 0 Å². The normalized spacial score (nSPS) is 22.7. The van der Waals surface area contributed by atoms with Crippen molar-refractivity contribution < 1.29 is 28.0 Å². The molecule has 0 saturated carbocycles. The number of amides is 4. The van der Waals surface area contributed by atoms with Crippen molar-refractivity contribution in [2.24, 2.45) is 0 Å². The van der Waals surface area contributed by atoms with E-state index in [2.05, 4.69) is 0 Å². The van der Waals surface area contributed by atoms with Gasteiger partial charge in [0.2, 0.25) is 27.8 Å². The third kappa shape index (κ3) is 4.29. The first kappa shape index (κ1) is 27.0. The number of benzene rings is 2. The molecular formula is C22H23B5ClF2N3O4. The van der Waals surface area contributed by atoms with E-state index in [1.54, 1.807) is 41.7 Å². The molecule has 1 fully saturated rings. The Morgan fingerprint density at radius 3 is 2.41 bits per heavy atom. The maximum atomic E-state index is 15.0. The third-order valence-corrected chi connectivity index (χ3v) is 8.16. The molecule has 3 unspecified atom stereocenters. The van der Waals surface area contributed by atoms with Crippen LogP contribution < -0.4 is 0 Å². The lowest BCUT2D eigenvalue weighted by Gasteiger charge is -2.47. The molecule has 4 rings (SSSR count). The van der Waals surface area contributed by atoms with E-state index in [0.29, 0.717) is 16.7 Å². The number of hydrogen-bond acceptors (Lipinski definition) is 4. The number of nitrogens with zero attached hydrogens (tertiary/aromatic N) is 3. The van der Waals surface area contributed by atoms with Crippen LogP contribution in [0.25, 0.3) is 0 Å². The highest BCUT2D eigenvalue weighted by molar-refractivity contribution is 6.42. The predicted octanol–water partition coefficient (Wildman–Crippen LogP) is -1.85. The van der Waals surface area contributed by atoms with Gasteiger partial charge in [-0.2, -0.15) is 8.78 Å². The number of hydrogen-bond donors (Lipinski definition) is 0. The van der Waals surface area contributed by atoms with Crippen molar-refractivity contribution in [1.29, 1.82) is 0 Å². The van der Waals surface area contributed by atoms with E-state index in [4.69, 9.17) is 11.6 Å². The molecule has 4 amide bonds. The van der Waals surface area contributed by atoms with Gasteiger partial charge in [0.05, 0.1) is 5.44 Å². The number of alkyl halides is 2. The SMILES string of the molecule is BC(c1ccc2c(c1)CN(C1(B)C(=O)N(B)C(=O)CC1B)C2=O)N(B)C(=O)C(F)(F)c1ccc(Cl)cc1. The zero-order valence-electron chi connectivity index (χ0n) is 21.2. The van der Waals surface area contributed by atoms with Gasteiger partial charge in [0.15, 0.2) is 0 Å². The van der Waals surface area contributed by atoms with Gasteiger partial charge >= 0.3 is 5.92 Å². The Kier molecular flexibility index (Phi) is 6.86. The van der Waals surface area contributed by atoms with Crippen molar-refractivity contribution in [2.45, 2.75) is 36.1 Å². The highest BCUT2D eigenvalue weighted by atomic mass is 35.5. The Morgan fingerprint density at radius 1 is 1.16 bits per heavy atom. The summed E-state index contributed by atoms with van der Waals surface area (Å²) in [4.78, 5) is 54.9. The van der Waals surface area contributed by atoms with Crippen molar-refractivity contribution in [3.63, 3.8) is 0 Å². The lowest BCUT2D eigenvalue weighted by Crippen LogP contribution is -2.66. The summed E-state index contributed by atoms with van der Waals surface area (Å²) in [6.07, 6.45) is 0.135. The Morgan fingerprint density at radius 2 is 1.78 bits per heavy atom. The largest absolute Gasteiger partial charge is 0.389 e. The van der Waals surface area contributed by atoms with Crippen LogP contribution in [0.1, 0.15) is 39.4 Å². The maximum Gasteiger partial charge on any atom is 0.348 e. The van der Waals surface area contributed by atoms with Gasteiger partial charge in [-0.25, -0.2) is 0 Å². The molecule has 2 aromatic carbocycles. The fourth-order valence-electron chi connectivity index (χ4n) is 5.02. The number of imide groups is 1. The minimum atomic E-state index is -3.76. The first-order valence-electron chi connectivity index (χ1n) is 11.9. The highest BCUT2D eigenvalue weighted by Crippen LogP contribution is 2.40. The molecule has 2 heterocycles. The maximum absolute atomic E-state index is 15.0. The van der Waals surface area contributed by atoms with Crippen LogP contribution in [0.15, 0.2) is 42.5 Å². The average Bonchev–Trinajstić information content (AvgIpc) is 3.21. The van der Waals surface area contributed by atoms with E-state index in [-0.39, 0.29) is 35.6 Å². The van der Waals surface area contributed by atoms with Gasteiger partial charge in [0, 0.05) is 35.1 Å². The Bertz CT molecular complexity index is 1320. The van der Waals surface area contributed by atoms with Crippen molar-refractivity contribution in [3.05, 3.63) is 69.7 Å². The summed E-state index contributed by atoms with van der Waals surface area (Å²) in [6, 6.07) is 9.77. The zero-order valence-corrected chi connectivity index (χ0v) is 22.0. The molecule has 7 nitrogen and oxygen atoms in total. The second-order valence-electron chi connectivity index (χ2n) is 9.99. The lowest BCUT2D eigenvalue weighted by atomic mass is 9.55. The van der Waals surface area contributed by atoms with Crippen LogP contribution in [-0.4, -0.2) is 83.1 Å². The highest BCUT2D eigenvalue weighted by Gasteiger charge is 2.53. The Hall–Kier alpha value is -3.01. The molecule has 1 saturated heterocycles.